The highest BCUT2D eigenvalue weighted by Gasteiger charge is 2.34. The first-order valence-electron chi connectivity index (χ1n) is 8.05. The Morgan fingerprint density at radius 3 is 2.84 bits per heavy atom. The van der Waals surface area contributed by atoms with Gasteiger partial charge in [0.2, 0.25) is 11.7 Å². The van der Waals surface area contributed by atoms with Crippen LogP contribution in [-0.2, 0) is 25.6 Å². The van der Waals surface area contributed by atoms with Crippen LogP contribution in [0.15, 0.2) is 35.0 Å². The van der Waals surface area contributed by atoms with Crippen LogP contribution in [-0.4, -0.2) is 19.9 Å². The molecule has 0 N–H and O–H groups in total. The van der Waals surface area contributed by atoms with Gasteiger partial charge in [-0.05, 0) is 25.3 Å². The number of hydrogen-bond donors (Lipinski definition) is 0. The smallest absolute Gasteiger partial charge is 0.339 e. The molecular weight excluding hydrogens is 333 g/mol. The van der Waals surface area contributed by atoms with Gasteiger partial charge < -0.3 is 4.52 Å². The number of aryl methyl sites for hydroxylation is 1. The Labute approximate surface area is 141 Å². The van der Waals surface area contributed by atoms with Crippen molar-refractivity contribution >= 4 is 0 Å². The van der Waals surface area contributed by atoms with Crippen molar-refractivity contribution in [2.24, 2.45) is 0 Å². The summed E-state index contributed by atoms with van der Waals surface area (Å²) in [6, 6.07) is 5.22. The third kappa shape index (κ3) is 3.04. The van der Waals surface area contributed by atoms with Crippen molar-refractivity contribution in [3.05, 3.63) is 53.2 Å². The molecule has 0 bridgehead atoms. The topological polar surface area (TPSA) is 56.7 Å². The van der Waals surface area contributed by atoms with Gasteiger partial charge in [-0.2, -0.15) is 23.3 Å². The van der Waals surface area contributed by atoms with Gasteiger partial charge in [-0.25, -0.2) is 0 Å². The minimum absolute atomic E-state index is 0.0519. The fourth-order valence-electron chi connectivity index (χ4n) is 3.16. The van der Waals surface area contributed by atoms with E-state index in [9.17, 15) is 13.2 Å². The van der Waals surface area contributed by atoms with Gasteiger partial charge in [0.1, 0.15) is 0 Å². The largest absolute Gasteiger partial charge is 0.417 e. The van der Waals surface area contributed by atoms with E-state index in [0.29, 0.717) is 6.42 Å². The summed E-state index contributed by atoms with van der Waals surface area (Å²) >= 11 is 0. The molecule has 1 aliphatic rings. The zero-order valence-electron chi connectivity index (χ0n) is 13.3. The van der Waals surface area contributed by atoms with E-state index < -0.39 is 11.7 Å². The van der Waals surface area contributed by atoms with E-state index >= 15 is 0 Å². The second kappa shape index (κ2) is 6.02. The number of fused-ring (bicyclic) bond motifs is 1. The standard InChI is InChI=1S/C17H15F3N4O/c18-17(19,20)13-6-2-1-5-12(13)16-22-15(25-23-16)9-11-10-21-24-8-4-3-7-14(11)24/h1-2,5-6,10H,3-4,7-9H2. The molecule has 0 radical (unpaired) electrons. The lowest BCUT2D eigenvalue weighted by Crippen LogP contribution is -2.12. The van der Waals surface area contributed by atoms with Gasteiger partial charge in [-0.15, -0.1) is 0 Å². The molecule has 0 atom stereocenters. The maximum absolute atomic E-state index is 13.1. The Hall–Kier alpha value is -2.64. The van der Waals surface area contributed by atoms with Crippen molar-refractivity contribution in [2.75, 3.05) is 0 Å². The first-order valence-corrected chi connectivity index (χ1v) is 8.05. The van der Waals surface area contributed by atoms with Gasteiger partial charge in [0.15, 0.2) is 0 Å². The first-order chi connectivity index (χ1) is 12.0. The zero-order valence-corrected chi connectivity index (χ0v) is 13.3. The van der Waals surface area contributed by atoms with Crippen LogP contribution >= 0.6 is 0 Å². The number of benzene rings is 1. The highest BCUT2D eigenvalue weighted by atomic mass is 19.4. The molecule has 5 nitrogen and oxygen atoms in total. The number of rotatable bonds is 3. The fourth-order valence-corrected chi connectivity index (χ4v) is 3.16. The SMILES string of the molecule is FC(F)(F)c1ccccc1-c1noc(Cc2cnn3c2CCCC3)n1. The Bertz CT molecular complexity index is 897. The molecule has 0 unspecified atom stereocenters. The molecule has 1 aromatic carbocycles. The van der Waals surface area contributed by atoms with Crippen LogP contribution < -0.4 is 0 Å². The summed E-state index contributed by atoms with van der Waals surface area (Å²) in [6.07, 6.45) is 0.820. The maximum Gasteiger partial charge on any atom is 0.417 e. The molecule has 0 spiro atoms. The van der Waals surface area contributed by atoms with Gasteiger partial charge in [0.05, 0.1) is 18.2 Å². The zero-order chi connectivity index (χ0) is 17.4. The van der Waals surface area contributed by atoms with Gasteiger partial charge in [0.25, 0.3) is 0 Å². The third-order valence-electron chi connectivity index (χ3n) is 4.35. The molecule has 0 amide bonds. The van der Waals surface area contributed by atoms with Crippen molar-refractivity contribution in [3.63, 3.8) is 0 Å². The molecule has 8 heteroatoms. The predicted molar refractivity (Wildman–Crippen MR) is 82.7 cm³/mol. The average molecular weight is 348 g/mol. The van der Waals surface area contributed by atoms with Crippen LogP contribution in [0.25, 0.3) is 11.4 Å². The third-order valence-corrected chi connectivity index (χ3v) is 4.35. The highest BCUT2D eigenvalue weighted by molar-refractivity contribution is 5.60. The van der Waals surface area contributed by atoms with E-state index in [4.69, 9.17) is 4.52 Å². The molecule has 4 rings (SSSR count). The molecule has 2 aromatic heterocycles. The molecule has 3 heterocycles. The summed E-state index contributed by atoms with van der Waals surface area (Å²) in [7, 11) is 0. The van der Waals surface area contributed by atoms with Gasteiger partial charge in [-0.1, -0.05) is 23.4 Å². The minimum atomic E-state index is -4.47. The maximum atomic E-state index is 13.1. The van der Waals surface area contributed by atoms with Crippen molar-refractivity contribution < 1.29 is 17.7 Å². The van der Waals surface area contributed by atoms with E-state index in [0.717, 1.165) is 43.1 Å². The van der Waals surface area contributed by atoms with E-state index in [1.54, 1.807) is 6.20 Å². The highest BCUT2D eigenvalue weighted by Crippen LogP contribution is 2.36. The van der Waals surface area contributed by atoms with Gasteiger partial charge >= 0.3 is 6.18 Å². The van der Waals surface area contributed by atoms with Crippen LogP contribution in [0.3, 0.4) is 0 Å². The van der Waals surface area contributed by atoms with Crippen LogP contribution in [0.5, 0.6) is 0 Å². The number of halogens is 3. The summed E-state index contributed by atoms with van der Waals surface area (Å²) in [5.41, 5.74) is 1.27. The number of nitrogens with zero attached hydrogens (tertiary/aromatic N) is 4. The lowest BCUT2D eigenvalue weighted by molar-refractivity contribution is -0.137. The summed E-state index contributed by atoms with van der Waals surface area (Å²) in [6.45, 7) is 0.892. The molecule has 3 aromatic rings. The number of hydrogen-bond acceptors (Lipinski definition) is 4. The monoisotopic (exact) mass is 348 g/mol. The van der Waals surface area contributed by atoms with Crippen LogP contribution in [0.2, 0.25) is 0 Å². The van der Waals surface area contributed by atoms with Crippen molar-refractivity contribution in [1.29, 1.82) is 0 Å². The lowest BCUT2D eigenvalue weighted by Gasteiger charge is -2.14. The normalized spacial score (nSPS) is 14.5. The van der Waals surface area contributed by atoms with Crippen molar-refractivity contribution in [1.82, 2.24) is 19.9 Å². The molecule has 130 valence electrons. The fraction of sp³-hybridized carbons (Fsp3) is 0.353. The van der Waals surface area contributed by atoms with Crippen molar-refractivity contribution in [3.8, 4) is 11.4 Å². The van der Waals surface area contributed by atoms with Gasteiger partial charge in [-0.3, -0.25) is 4.68 Å². The lowest BCUT2D eigenvalue weighted by atomic mass is 10.0. The summed E-state index contributed by atoms with van der Waals surface area (Å²) in [5, 5.41) is 8.08. The Kier molecular flexibility index (Phi) is 3.82. The molecule has 0 aliphatic carbocycles. The molecule has 25 heavy (non-hydrogen) atoms. The Morgan fingerprint density at radius 1 is 1.16 bits per heavy atom. The van der Waals surface area contributed by atoms with E-state index in [2.05, 4.69) is 15.2 Å². The first kappa shape index (κ1) is 15.9. The molecule has 0 fully saturated rings. The van der Waals surface area contributed by atoms with E-state index in [1.807, 2.05) is 4.68 Å². The molecule has 1 aliphatic heterocycles. The van der Waals surface area contributed by atoms with Crippen LogP contribution in [0.4, 0.5) is 13.2 Å². The molecule has 0 saturated heterocycles. The summed E-state index contributed by atoms with van der Waals surface area (Å²) in [5.74, 6) is 0.234. The van der Waals surface area contributed by atoms with E-state index in [1.165, 1.54) is 18.2 Å². The number of alkyl halides is 3. The van der Waals surface area contributed by atoms with Gasteiger partial charge in [0, 0.05) is 23.4 Å². The summed E-state index contributed by atoms with van der Waals surface area (Å²) in [4.78, 5) is 4.16. The molecular formula is C17H15F3N4O. The number of aromatic nitrogens is 4. The second-order valence-electron chi connectivity index (χ2n) is 6.03. The Balaban J connectivity index is 1.63. The quantitative estimate of drug-likeness (QED) is 0.721. The molecule has 0 saturated carbocycles. The van der Waals surface area contributed by atoms with Crippen LogP contribution in [0.1, 0.15) is 35.6 Å². The van der Waals surface area contributed by atoms with Crippen LogP contribution in [0, 0.1) is 0 Å². The predicted octanol–water partition coefficient (Wildman–Crippen LogP) is 3.88. The minimum Gasteiger partial charge on any atom is -0.339 e. The second-order valence-corrected chi connectivity index (χ2v) is 6.03. The summed E-state index contributed by atoms with van der Waals surface area (Å²) < 4.78 is 46.6. The average Bonchev–Trinajstić information content (AvgIpc) is 3.22. The van der Waals surface area contributed by atoms with E-state index in [-0.39, 0.29) is 17.3 Å². The van der Waals surface area contributed by atoms with Crippen molar-refractivity contribution in [2.45, 2.75) is 38.4 Å². The Morgan fingerprint density at radius 2 is 2.00 bits per heavy atom.